The second kappa shape index (κ2) is 13.4. The maximum atomic E-state index is 12.9. The Morgan fingerprint density at radius 3 is 2.60 bits per heavy atom. The molecule has 12 nitrogen and oxygen atoms in total. The standard InChI is InChI=1S/C18H27N9O3/c1-21-18(30)25-17(19)22-10-6-9-14(24-15(28)11-23-26-20)16(29)27(2)12-13-7-4-3-5-8-13/h3-5,7-8,14H,6,9-12H2,1-2H3,(H,24,28)(H4,19,21,22,25,30)/t14-/m0/s1. The molecule has 0 bridgehead atoms. The second-order valence-corrected chi connectivity index (χ2v) is 6.30. The Balaban J connectivity index is 2.71. The van der Waals surface area contributed by atoms with Gasteiger partial charge in [-0.15, -0.1) is 0 Å². The van der Waals surface area contributed by atoms with Crippen LogP contribution in [-0.4, -0.2) is 61.9 Å². The van der Waals surface area contributed by atoms with Crippen LogP contribution in [0.5, 0.6) is 0 Å². The third kappa shape index (κ3) is 9.42. The first kappa shape index (κ1) is 24.2. The second-order valence-electron chi connectivity index (χ2n) is 6.30. The summed E-state index contributed by atoms with van der Waals surface area (Å²) < 4.78 is 0. The highest BCUT2D eigenvalue weighted by molar-refractivity contribution is 5.95. The fourth-order valence-electron chi connectivity index (χ4n) is 2.51. The molecule has 0 saturated heterocycles. The highest BCUT2D eigenvalue weighted by Gasteiger charge is 2.23. The van der Waals surface area contributed by atoms with Crippen molar-refractivity contribution in [3.63, 3.8) is 0 Å². The zero-order valence-electron chi connectivity index (χ0n) is 17.0. The molecule has 0 unspecified atom stereocenters. The highest BCUT2D eigenvalue weighted by Crippen LogP contribution is 2.07. The zero-order chi connectivity index (χ0) is 22.4. The number of amides is 4. The van der Waals surface area contributed by atoms with Gasteiger partial charge >= 0.3 is 6.03 Å². The Morgan fingerprint density at radius 1 is 1.27 bits per heavy atom. The van der Waals surface area contributed by atoms with Crippen molar-refractivity contribution >= 4 is 23.8 Å². The van der Waals surface area contributed by atoms with Crippen LogP contribution in [0.3, 0.4) is 0 Å². The van der Waals surface area contributed by atoms with E-state index in [-0.39, 0.29) is 24.8 Å². The summed E-state index contributed by atoms with van der Waals surface area (Å²) in [5.74, 6) is -0.886. The maximum absolute atomic E-state index is 12.9. The van der Waals surface area contributed by atoms with Crippen molar-refractivity contribution < 1.29 is 14.4 Å². The zero-order valence-corrected chi connectivity index (χ0v) is 17.0. The molecule has 0 aliphatic rings. The lowest BCUT2D eigenvalue weighted by molar-refractivity contribution is -0.135. The topological polar surface area (TPSA) is 178 Å². The summed E-state index contributed by atoms with van der Waals surface area (Å²) in [6.45, 7) is 0.224. The molecular weight excluding hydrogens is 390 g/mol. The number of azide groups is 1. The van der Waals surface area contributed by atoms with Gasteiger partial charge in [-0.3, -0.25) is 19.9 Å². The molecule has 0 spiro atoms. The van der Waals surface area contributed by atoms with E-state index >= 15 is 0 Å². The van der Waals surface area contributed by atoms with Crippen LogP contribution in [0, 0.1) is 0 Å². The van der Waals surface area contributed by atoms with Gasteiger partial charge in [-0.1, -0.05) is 35.4 Å². The summed E-state index contributed by atoms with van der Waals surface area (Å²) in [5.41, 5.74) is 14.9. The number of guanidine groups is 1. The normalized spacial score (nSPS) is 11.6. The molecule has 0 aliphatic carbocycles. The van der Waals surface area contributed by atoms with E-state index in [2.05, 4.69) is 31.0 Å². The van der Waals surface area contributed by atoms with E-state index in [4.69, 9.17) is 11.3 Å². The van der Waals surface area contributed by atoms with Crippen LogP contribution in [0.25, 0.3) is 10.4 Å². The van der Waals surface area contributed by atoms with Crippen molar-refractivity contribution in [1.82, 2.24) is 20.9 Å². The number of rotatable bonds is 10. The minimum Gasteiger partial charge on any atom is -0.370 e. The lowest BCUT2D eigenvalue weighted by Crippen LogP contribution is -2.47. The Morgan fingerprint density at radius 2 is 1.97 bits per heavy atom. The van der Waals surface area contributed by atoms with Crippen molar-refractivity contribution in [3.05, 3.63) is 46.3 Å². The van der Waals surface area contributed by atoms with E-state index in [9.17, 15) is 14.4 Å². The van der Waals surface area contributed by atoms with E-state index < -0.39 is 24.5 Å². The first-order chi connectivity index (χ1) is 14.4. The molecule has 1 aromatic carbocycles. The summed E-state index contributed by atoms with van der Waals surface area (Å²) in [6, 6.07) is 8.13. The third-order valence-corrected chi connectivity index (χ3v) is 3.95. The first-order valence-corrected chi connectivity index (χ1v) is 9.25. The molecule has 0 saturated carbocycles. The van der Waals surface area contributed by atoms with Crippen molar-refractivity contribution in [1.29, 1.82) is 0 Å². The summed E-state index contributed by atoms with van der Waals surface area (Å²) in [6.07, 6.45) is 0.713. The predicted molar refractivity (Wildman–Crippen MR) is 112 cm³/mol. The van der Waals surface area contributed by atoms with Crippen LogP contribution in [0.15, 0.2) is 40.4 Å². The molecule has 0 aromatic heterocycles. The number of benzene rings is 1. The number of carbonyl (C=O) groups excluding carboxylic acids is 3. The van der Waals surface area contributed by atoms with Crippen LogP contribution in [0.1, 0.15) is 18.4 Å². The molecule has 4 amide bonds. The van der Waals surface area contributed by atoms with Crippen LogP contribution >= 0.6 is 0 Å². The number of carbonyl (C=O) groups is 3. The molecule has 0 heterocycles. The molecule has 162 valence electrons. The van der Waals surface area contributed by atoms with Crippen molar-refractivity contribution in [2.24, 2.45) is 15.8 Å². The van der Waals surface area contributed by atoms with Gasteiger partial charge in [0.05, 0.1) is 0 Å². The van der Waals surface area contributed by atoms with Gasteiger partial charge in [0.15, 0.2) is 5.96 Å². The van der Waals surface area contributed by atoms with Crippen LogP contribution < -0.4 is 21.7 Å². The van der Waals surface area contributed by atoms with Gasteiger partial charge in [0.25, 0.3) is 0 Å². The Bertz CT molecular complexity index is 791. The van der Waals surface area contributed by atoms with Crippen LogP contribution in [0.4, 0.5) is 4.79 Å². The maximum Gasteiger partial charge on any atom is 0.321 e. The Hall–Kier alpha value is -3.79. The summed E-state index contributed by atoms with van der Waals surface area (Å²) in [4.78, 5) is 44.0. The Kier molecular flexibility index (Phi) is 10.8. The van der Waals surface area contributed by atoms with Gasteiger partial charge in [-0.25, -0.2) is 4.79 Å². The van der Waals surface area contributed by atoms with E-state index in [1.165, 1.54) is 11.9 Å². The number of nitrogens with two attached hydrogens (primary N) is 1. The molecule has 1 rings (SSSR count). The molecule has 30 heavy (non-hydrogen) atoms. The average Bonchev–Trinajstić information content (AvgIpc) is 2.74. The molecule has 0 aliphatic heterocycles. The van der Waals surface area contributed by atoms with Crippen molar-refractivity contribution in [2.45, 2.75) is 25.4 Å². The van der Waals surface area contributed by atoms with E-state index in [1.54, 1.807) is 7.05 Å². The third-order valence-electron chi connectivity index (χ3n) is 3.95. The number of aliphatic imine (C=N–C) groups is 1. The minimum absolute atomic E-state index is 0.0502. The van der Waals surface area contributed by atoms with Crippen LogP contribution in [0.2, 0.25) is 0 Å². The quantitative estimate of drug-likeness (QED) is 0.108. The van der Waals surface area contributed by atoms with Gasteiger partial charge in [-0.05, 0) is 23.9 Å². The number of nitrogens with zero attached hydrogens (tertiary/aromatic N) is 5. The van der Waals surface area contributed by atoms with E-state index in [1.807, 2.05) is 30.3 Å². The van der Waals surface area contributed by atoms with Gasteiger partial charge in [-0.2, -0.15) is 0 Å². The minimum atomic E-state index is -0.816. The fraction of sp³-hybridized carbons (Fsp3) is 0.444. The van der Waals surface area contributed by atoms with Gasteiger partial charge < -0.3 is 21.3 Å². The number of likely N-dealkylation sites (N-methyl/N-ethyl adjacent to an activating group) is 1. The lowest BCUT2D eigenvalue weighted by Gasteiger charge is -2.24. The van der Waals surface area contributed by atoms with Crippen LogP contribution in [-0.2, 0) is 16.1 Å². The predicted octanol–water partition coefficient (Wildman–Crippen LogP) is 0.464. The fourth-order valence-corrected chi connectivity index (χ4v) is 2.51. The number of hydrogen-bond acceptors (Lipinski definition) is 5. The largest absolute Gasteiger partial charge is 0.370 e. The smallest absolute Gasteiger partial charge is 0.321 e. The van der Waals surface area contributed by atoms with E-state index in [0.29, 0.717) is 13.0 Å². The number of nitrogens with one attached hydrogen (secondary N) is 3. The summed E-state index contributed by atoms with van der Waals surface area (Å²) in [7, 11) is 3.09. The molecule has 5 N–H and O–H groups in total. The molecule has 1 atom stereocenters. The SMILES string of the molecule is CNC(=O)NC(N)=NCCC[C@H](NC(=O)CN=[N+]=[N-])C(=O)N(C)Cc1ccccc1. The number of urea groups is 1. The first-order valence-electron chi connectivity index (χ1n) is 9.25. The highest BCUT2D eigenvalue weighted by atomic mass is 16.2. The number of hydrogen-bond donors (Lipinski definition) is 4. The van der Waals surface area contributed by atoms with Gasteiger partial charge in [0, 0.05) is 32.1 Å². The molecule has 0 fully saturated rings. The Labute approximate surface area is 174 Å². The van der Waals surface area contributed by atoms with Gasteiger partial charge in [0.1, 0.15) is 12.6 Å². The summed E-state index contributed by atoms with van der Waals surface area (Å²) in [5, 5.41) is 10.5. The average molecular weight is 417 g/mol. The molecule has 0 radical (unpaired) electrons. The van der Waals surface area contributed by atoms with Gasteiger partial charge in [0.2, 0.25) is 11.8 Å². The molecule has 1 aromatic rings. The van der Waals surface area contributed by atoms with Crippen molar-refractivity contribution in [2.75, 3.05) is 27.2 Å². The lowest BCUT2D eigenvalue weighted by atomic mass is 10.1. The molecule has 12 heteroatoms. The van der Waals surface area contributed by atoms with Crippen molar-refractivity contribution in [3.8, 4) is 0 Å². The summed E-state index contributed by atoms with van der Waals surface area (Å²) >= 11 is 0. The molecular formula is C18H27N9O3. The van der Waals surface area contributed by atoms with E-state index in [0.717, 1.165) is 5.56 Å². The monoisotopic (exact) mass is 417 g/mol.